The number of hydrogen-bond donors (Lipinski definition) is 1. The van der Waals surface area contributed by atoms with Gasteiger partial charge in [0.15, 0.2) is 0 Å². The number of ether oxygens (including phenoxy) is 3. The maximum atomic E-state index is 6.69. The van der Waals surface area contributed by atoms with Gasteiger partial charge in [-0.05, 0) is 48.9 Å². The van der Waals surface area contributed by atoms with Crippen LogP contribution in [0.25, 0.3) is 5.70 Å². The first-order valence-corrected chi connectivity index (χ1v) is 11.1. The van der Waals surface area contributed by atoms with Crippen LogP contribution >= 0.6 is 0 Å². The van der Waals surface area contributed by atoms with Crippen LogP contribution in [0.5, 0.6) is 17.2 Å². The predicted octanol–water partition coefficient (Wildman–Crippen LogP) is 5.16. The number of rotatable bonds is 4. The van der Waals surface area contributed by atoms with Crippen molar-refractivity contribution in [3.05, 3.63) is 101 Å². The van der Waals surface area contributed by atoms with E-state index in [9.17, 15) is 0 Å². The van der Waals surface area contributed by atoms with Gasteiger partial charge in [-0.1, -0.05) is 35.9 Å². The summed E-state index contributed by atoms with van der Waals surface area (Å²) in [6, 6.07) is 22.1. The Bertz CT molecular complexity index is 1410. The third kappa shape index (κ3) is 3.20. The zero-order valence-electron chi connectivity index (χ0n) is 19.1. The quantitative estimate of drug-likeness (QED) is 0.461. The van der Waals surface area contributed by atoms with Crippen molar-refractivity contribution in [1.82, 2.24) is 14.8 Å². The van der Waals surface area contributed by atoms with E-state index in [1.54, 1.807) is 20.5 Å². The summed E-state index contributed by atoms with van der Waals surface area (Å²) in [4.78, 5) is 4.50. The predicted molar refractivity (Wildman–Crippen MR) is 129 cm³/mol. The molecule has 4 aromatic rings. The molecule has 1 N–H and O–H groups in total. The minimum absolute atomic E-state index is 0.218. The van der Waals surface area contributed by atoms with E-state index in [1.165, 1.54) is 0 Å². The van der Waals surface area contributed by atoms with Crippen molar-refractivity contribution in [2.45, 2.75) is 19.1 Å². The monoisotopic (exact) mass is 452 g/mol. The Morgan fingerprint density at radius 2 is 1.74 bits per heavy atom. The lowest BCUT2D eigenvalue weighted by molar-refractivity contribution is 0.222. The number of nitrogens with one attached hydrogen (secondary N) is 1. The summed E-state index contributed by atoms with van der Waals surface area (Å²) in [6.45, 7) is 2.08. The molecule has 3 heterocycles. The molecule has 170 valence electrons. The number of nitrogens with zero attached hydrogens (tertiary/aromatic N) is 3. The number of benzene rings is 3. The van der Waals surface area contributed by atoms with E-state index < -0.39 is 0 Å². The summed E-state index contributed by atoms with van der Waals surface area (Å²) in [5.41, 5.74) is 6.30. The van der Waals surface area contributed by atoms with Crippen molar-refractivity contribution >= 4 is 11.6 Å². The average molecular weight is 453 g/mol. The standard InChI is InChI=1S/C27H24N4O3/c1-16-7-12-22-21(13-16)24-23(26(34-22)18-5-4-6-20(14-18)33-3)25(31-27(30-24)28-15-29-31)17-8-10-19(32-2)11-9-17/h4-15,25-26H,1-3H3,(H,28,29,30)/t25-,26+/m1/s1. The average Bonchev–Trinajstić information content (AvgIpc) is 3.35. The summed E-state index contributed by atoms with van der Waals surface area (Å²) in [6.07, 6.45) is 1.23. The normalized spacial score (nSPS) is 18.2. The first kappa shape index (κ1) is 20.4. The highest BCUT2D eigenvalue weighted by molar-refractivity contribution is 5.85. The molecule has 0 spiro atoms. The molecule has 0 bridgehead atoms. The molecule has 2 aliphatic heterocycles. The molecule has 7 nitrogen and oxygen atoms in total. The molecule has 2 aliphatic rings. The van der Waals surface area contributed by atoms with Crippen molar-refractivity contribution in [2.24, 2.45) is 0 Å². The van der Waals surface area contributed by atoms with Crippen LogP contribution in [0, 0.1) is 6.92 Å². The van der Waals surface area contributed by atoms with E-state index in [0.717, 1.165) is 50.8 Å². The number of aromatic nitrogens is 3. The molecule has 6 rings (SSSR count). The van der Waals surface area contributed by atoms with Crippen LogP contribution in [0.2, 0.25) is 0 Å². The lowest BCUT2D eigenvalue weighted by Gasteiger charge is -2.39. The number of hydrogen-bond acceptors (Lipinski definition) is 6. The fraction of sp³-hybridized carbons (Fsp3) is 0.185. The molecule has 0 saturated heterocycles. The zero-order valence-corrected chi connectivity index (χ0v) is 19.1. The van der Waals surface area contributed by atoms with Crippen LogP contribution in [0.4, 0.5) is 5.95 Å². The molecular weight excluding hydrogens is 428 g/mol. The van der Waals surface area contributed by atoms with Crippen LogP contribution < -0.4 is 19.5 Å². The summed E-state index contributed by atoms with van der Waals surface area (Å²) >= 11 is 0. The number of aryl methyl sites for hydroxylation is 1. The van der Waals surface area contributed by atoms with E-state index in [0.29, 0.717) is 5.95 Å². The fourth-order valence-electron chi connectivity index (χ4n) is 4.77. The molecule has 34 heavy (non-hydrogen) atoms. The smallest absolute Gasteiger partial charge is 0.226 e. The Hall–Kier alpha value is -4.26. The highest BCUT2D eigenvalue weighted by atomic mass is 16.5. The SMILES string of the molecule is COc1ccc([C@@H]2C3=C(Nc4ncnn42)c2cc(C)ccc2O[C@H]3c2cccc(OC)c2)cc1. The van der Waals surface area contributed by atoms with Crippen molar-refractivity contribution < 1.29 is 14.2 Å². The Labute approximate surface area is 197 Å². The van der Waals surface area contributed by atoms with Gasteiger partial charge in [0.05, 0.1) is 19.9 Å². The van der Waals surface area contributed by atoms with Crippen molar-refractivity contribution in [3.8, 4) is 17.2 Å². The second-order valence-electron chi connectivity index (χ2n) is 8.43. The van der Waals surface area contributed by atoms with Crippen molar-refractivity contribution in [1.29, 1.82) is 0 Å². The summed E-state index contributed by atoms with van der Waals surface area (Å²) in [5.74, 6) is 3.10. The minimum atomic E-state index is -0.350. The largest absolute Gasteiger partial charge is 0.497 e. The van der Waals surface area contributed by atoms with E-state index in [2.05, 4.69) is 52.7 Å². The second-order valence-corrected chi connectivity index (χ2v) is 8.43. The van der Waals surface area contributed by atoms with E-state index >= 15 is 0 Å². The van der Waals surface area contributed by atoms with Gasteiger partial charge in [0, 0.05) is 16.7 Å². The van der Waals surface area contributed by atoms with E-state index in [4.69, 9.17) is 14.2 Å². The third-order valence-corrected chi connectivity index (χ3v) is 6.40. The maximum absolute atomic E-state index is 6.69. The maximum Gasteiger partial charge on any atom is 0.226 e. The highest BCUT2D eigenvalue weighted by Gasteiger charge is 2.41. The third-order valence-electron chi connectivity index (χ3n) is 6.40. The summed E-state index contributed by atoms with van der Waals surface area (Å²) in [5, 5.41) is 8.13. The van der Waals surface area contributed by atoms with Crippen molar-refractivity contribution in [3.63, 3.8) is 0 Å². The molecule has 7 heteroatoms. The van der Waals surface area contributed by atoms with Gasteiger partial charge in [-0.15, -0.1) is 0 Å². The van der Waals surface area contributed by atoms with Gasteiger partial charge in [-0.2, -0.15) is 10.1 Å². The molecule has 0 amide bonds. The van der Waals surface area contributed by atoms with Gasteiger partial charge in [0.25, 0.3) is 0 Å². The number of fused-ring (bicyclic) bond motifs is 3. The topological polar surface area (TPSA) is 70.4 Å². The number of methoxy groups -OCH3 is 2. The van der Waals surface area contributed by atoms with Gasteiger partial charge in [-0.25, -0.2) is 4.68 Å². The molecule has 3 aromatic carbocycles. The molecule has 0 unspecified atom stereocenters. The van der Waals surface area contributed by atoms with Crippen LogP contribution in [0.3, 0.4) is 0 Å². The number of anilines is 1. The molecule has 2 atom stereocenters. The molecule has 1 aromatic heterocycles. The second kappa shape index (κ2) is 7.95. The van der Waals surface area contributed by atoms with Crippen LogP contribution in [-0.2, 0) is 0 Å². The Morgan fingerprint density at radius 3 is 2.53 bits per heavy atom. The van der Waals surface area contributed by atoms with Crippen LogP contribution in [0.1, 0.15) is 34.4 Å². The lowest BCUT2D eigenvalue weighted by Crippen LogP contribution is -2.32. The van der Waals surface area contributed by atoms with Gasteiger partial charge >= 0.3 is 0 Å². The molecule has 0 aliphatic carbocycles. The van der Waals surface area contributed by atoms with Crippen LogP contribution in [0.15, 0.2) is 78.6 Å². The van der Waals surface area contributed by atoms with Crippen LogP contribution in [-0.4, -0.2) is 29.0 Å². The fourth-order valence-corrected chi connectivity index (χ4v) is 4.77. The van der Waals surface area contributed by atoms with Gasteiger partial charge in [-0.3, -0.25) is 0 Å². The lowest BCUT2D eigenvalue weighted by atomic mass is 9.84. The summed E-state index contributed by atoms with van der Waals surface area (Å²) < 4.78 is 19.5. The van der Waals surface area contributed by atoms with Gasteiger partial charge in [0.2, 0.25) is 5.95 Å². The Balaban J connectivity index is 1.61. The first-order chi connectivity index (χ1) is 16.7. The van der Waals surface area contributed by atoms with Gasteiger partial charge in [0.1, 0.15) is 35.7 Å². The molecular formula is C27H24N4O3. The zero-order chi connectivity index (χ0) is 23.2. The van der Waals surface area contributed by atoms with Crippen molar-refractivity contribution in [2.75, 3.05) is 19.5 Å². The Morgan fingerprint density at radius 1 is 0.912 bits per heavy atom. The highest BCUT2D eigenvalue weighted by Crippen LogP contribution is 2.51. The van der Waals surface area contributed by atoms with Gasteiger partial charge < -0.3 is 19.5 Å². The molecule has 0 saturated carbocycles. The van der Waals surface area contributed by atoms with E-state index in [-0.39, 0.29) is 12.1 Å². The van der Waals surface area contributed by atoms with E-state index in [1.807, 2.05) is 41.1 Å². The Kier molecular flexibility index (Phi) is 4.76. The molecule has 0 radical (unpaired) electrons. The molecule has 0 fully saturated rings. The first-order valence-electron chi connectivity index (χ1n) is 11.1. The minimum Gasteiger partial charge on any atom is -0.497 e. The summed E-state index contributed by atoms with van der Waals surface area (Å²) in [7, 11) is 3.34.